The Morgan fingerprint density at radius 1 is 1.07 bits per heavy atom. The summed E-state index contributed by atoms with van der Waals surface area (Å²) in [5.41, 5.74) is 4.49. The Hall–Kier alpha value is -4.54. The molecule has 2 atom stereocenters. The molecule has 2 aromatic carbocycles. The van der Waals surface area contributed by atoms with Gasteiger partial charge in [0, 0.05) is 24.6 Å². The van der Waals surface area contributed by atoms with Crippen molar-refractivity contribution < 1.29 is 28.3 Å². The summed E-state index contributed by atoms with van der Waals surface area (Å²) in [6.45, 7) is 9.14. The lowest BCUT2D eigenvalue weighted by atomic mass is 9.95. The van der Waals surface area contributed by atoms with Gasteiger partial charge in [0.2, 0.25) is 23.0 Å². The zero-order valence-electron chi connectivity index (χ0n) is 26.0. The third-order valence-electron chi connectivity index (χ3n) is 7.80. The molecule has 0 bridgehead atoms. The van der Waals surface area contributed by atoms with Gasteiger partial charge in [0.05, 0.1) is 38.8 Å². The van der Waals surface area contributed by atoms with Crippen molar-refractivity contribution in [2.45, 2.75) is 66.1 Å². The first-order valence-electron chi connectivity index (χ1n) is 14.2. The highest BCUT2D eigenvalue weighted by Gasteiger charge is 2.30. The lowest BCUT2D eigenvalue weighted by Crippen LogP contribution is -2.43. The first kappa shape index (κ1) is 31.4. The van der Waals surface area contributed by atoms with E-state index < -0.39 is 12.1 Å². The average molecular weight is 593 g/mol. The molecule has 2 amide bonds. The number of ether oxygens (including phenoxy) is 3. The summed E-state index contributed by atoms with van der Waals surface area (Å²) in [5, 5.41) is 13.1. The number of carbonyl (C=O) groups is 2. The van der Waals surface area contributed by atoms with Crippen molar-refractivity contribution in [1.29, 1.82) is 0 Å². The van der Waals surface area contributed by atoms with Crippen molar-refractivity contribution in [3.63, 3.8) is 0 Å². The zero-order chi connectivity index (χ0) is 31.4. The molecule has 0 fully saturated rings. The van der Waals surface area contributed by atoms with Crippen LogP contribution in [0.2, 0.25) is 0 Å². The molecule has 4 rings (SSSR count). The zero-order valence-corrected chi connectivity index (χ0v) is 26.0. The number of benzene rings is 1. The smallest absolute Gasteiger partial charge is 0.243 e. The van der Waals surface area contributed by atoms with Gasteiger partial charge in [0.15, 0.2) is 11.5 Å². The largest absolute Gasteiger partial charge is 0.493 e. The molecule has 0 spiro atoms. The van der Waals surface area contributed by atoms with Crippen LogP contribution in [0.25, 0.3) is 11.1 Å². The number of nitrogens with zero attached hydrogens (tertiary/aromatic N) is 1. The van der Waals surface area contributed by atoms with Crippen LogP contribution in [-0.2, 0) is 22.6 Å². The number of methoxy groups -OCH3 is 3. The number of nitrogens with one attached hydrogen (secondary N) is 3. The van der Waals surface area contributed by atoms with E-state index in [1.54, 1.807) is 27.2 Å². The van der Waals surface area contributed by atoms with Crippen LogP contribution in [0.15, 0.2) is 33.6 Å². The molecular weight excluding hydrogens is 552 g/mol. The molecule has 1 aliphatic rings. The van der Waals surface area contributed by atoms with Crippen LogP contribution in [0.4, 0.5) is 5.69 Å². The second kappa shape index (κ2) is 13.2. The summed E-state index contributed by atoms with van der Waals surface area (Å²) in [5.74, 6) is 1.44. The molecule has 11 heteroatoms. The summed E-state index contributed by atoms with van der Waals surface area (Å²) in [6.07, 6.45) is 1.14. The van der Waals surface area contributed by atoms with Gasteiger partial charge in [-0.3, -0.25) is 14.4 Å². The van der Waals surface area contributed by atoms with Gasteiger partial charge in [-0.15, -0.1) is 0 Å². The topological polar surface area (TPSA) is 141 Å². The molecule has 0 saturated carbocycles. The number of anilines is 1. The van der Waals surface area contributed by atoms with Gasteiger partial charge in [0.25, 0.3) is 0 Å². The van der Waals surface area contributed by atoms with E-state index in [1.165, 1.54) is 20.1 Å². The predicted octanol–water partition coefficient (Wildman–Crippen LogP) is 4.22. The fourth-order valence-electron chi connectivity index (χ4n) is 5.57. The van der Waals surface area contributed by atoms with E-state index in [0.29, 0.717) is 52.7 Å². The SMILES string of the molecule is COc1cc2c(c(OC)c1OC)-c1ccc(N[C@H](C(=O)NCc3c(C)noc3C)C(C)C)c(=O)cc1[C@@H](NC(C)=O)CC2. The predicted molar refractivity (Wildman–Crippen MR) is 163 cm³/mol. The minimum Gasteiger partial charge on any atom is -0.493 e. The third-order valence-corrected chi connectivity index (χ3v) is 7.80. The van der Waals surface area contributed by atoms with E-state index in [1.807, 2.05) is 32.9 Å². The van der Waals surface area contributed by atoms with Gasteiger partial charge in [-0.1, -0.05) is 25.1 Å². The number of amides is 2. The lowest BCUT2D eigenvalue weighted by Gasteiger charge is -2.22. The van der Waals surface area contributed by atoms with Crippen molar-refractivity contribution in [1.82, 2.24) is 15.8 Å². The standard InChI is InChI=1S/C32H40N4O7/c1-16(2)29(32(39)33-15-23-17(3)36-43-18(23)4)35-25-12-10-21-22(14-26(25)38)24(34-19(5)37)11-9-20-13-27(40-6)30(41-7)31(42-8)28(20)21/h10,12-14,16,24,29H,9,11,15H2,1-8H3,(H,33,39)(H,34,37)(H,35,38)/t24-,29-/m0/s1. The van der Waals surface area contributed by atoms with Crippen molar-refractivity contribution in [3.8, 4) is 28.4 Å². The molecular formula is C32H40N4O7. The monoisotopic (exact) mass is 592 g/mol. The van der Waals surface area contributed by atoms with Crippen molar-refractivity contribution in [2.75, 3.05) is 26.6 Å². The van der Waals surface area contributed by atoms with Crippen LogP contribution in [0, 0.1) is 19.8 Å². The van der Waals surface area contributed by atoms with E-state index >= 15 is 0 Å². The van der Waals surface area contributed by atoms with Gasteiger partial charge in [0.1, 0.15) is 11.8 Å². The Kier molecular flexibility index (Phi) is 9.63. The van der Waals surface area contributed by atoms with Crippen LogP contribution in [-0.4, -0.2) is 44.3 Å². The van der Waals surface area contributed by atoms with Gasteiger partial charge in [-0.25, -0.2) is 0 Å². The highest BCUT2D eigenvalue weighted by atomic mass is 16.5. The number of hydrogen-bond acceptors (Lipinski definition) is 9. The maximum Gasteiger partial charge on any atom is 0.243 e. The molecule has 230 valence electrons. The summed E-state index contributed by atoms with van der Waals surface area (Å²) in [4.78, 5) is 39.3. The number of hydrogen-bond donors (Lipinski definition) is 3. The summed E-state index contributed by atoms with van der Waals surface area (Å²) >= 11 is 0. The van der Waals surface area contributed by atoms with Crippen molar-refractivity contribution in [2.24, 2.45) is 5.92 Å². The van der Waals surface area contributed by atoms with Crippen LogP contribution < -0.4 is 35.6 Å². The van der Waals surface area contributed by atoms with Gasteiger partial charge in [-0.05, 0) is 67.5 Å². The summed E-state index contributed by atoms with van der Waals surface area (Å²) in [7, 11) is 4.65. The molecule has 0 saturated heterocycles. The van der Waals surface area contributed by atoms with Crippen LogP contribution >= 0.6 is 0 Å². The number of rotatable bonds is 10. The summed E-state index contributed by atoms with van der Waals surface area (Å²) in [6, 6.07) is 5.79. The van der Waals surface area contributed by atoms with Crippen LogP contribution in [0.1, 0.15) is 61.4 Å². The molecule has 1 heterocycles. The van der Waals surface area contributed by atoms with E-state index in [9.17, 15) is 14.4 Å². The maximum absolute atomic E-state index is 13.7. The number of aromatic nitrogens is 1. The van der Waals surface area contributed by atoms with E-state index in [-0.39, 0.29) is 35.4 Å². The molecule has 43 heavy (non-hydrogen) atoms. The Morgan fingerprint density at radius 2 is 1.79 bits per heavy atom. The Morgan fingerprint density at radius 3 is 2.37 bits per heavy atom. The van der Waals surface area contributed by atoms with Gasteiger partial charge in [-0.2, -0.15) is 0 Å². The molecule has 3 N–H and O–H groups in total. The molecule has 0 radical (unpaired) electrons. The number of aryl methyl sites for hydroxylation is 3. The highest BCUT2D eigenvalue weighted by molar-refractivity contribution is 5.86. The maximum atomic E-state index is 13.7. The number of carbonyl (C=O) groups excluding carboxylic acids is 2. The molecule has 0 unspecified atom stereocenters. The Bertz CT molecular complexity index is 1560. The second-order valence-corrected chi connectivity index (χ2v) is 11.0. The fourth-order valence-corrected chi connectivity index (χ4v) is 5.57. The minimum atomic E-state index is -0.701. The molecule has 1 aliphatic carbocycles. The van der Waals surface area contributed by atoms with Gasteiger partial charge >= 0.3 is 0 Å². The Balaban J connectivity index is 1.80. The van der Waals surface area contributed by atoms with Crippen LogP contribution in [0.5, 0.6) is 17.2 Å². The van der Waals surface area contributed by atoms with E-state index in [0.717, 1.165) is 16.7 Å². The van der Waals surface area contributed by atoms with Gasteiger partial charge < -0.3 is 34.7 Å². The third kappa shape index (κ3) is 6.45. The first-order valence-corrected chi connectivity index (χ1v) is 14.2. The fraction of sp³-hybridized carbons (Fsp3) is 0.438. The van der Waals surface area contributed by atoms with E-state index in [2.05, 4.69) is 21.1 Å². The summed E-state index contributed by atoms with van der Waals surface area (Å²) < 4.78 is 22.3. The second-order valence-electron chi connectivity index (χ2n) is 11.0. The van der Waals surface area contributed by atoms with Crippen molar-refractivity contribution >= 4 is 17.5 Å². The molecule has 11 nitrogen and oxygen atoms in total. The van der Waals surface area contributed by atoms with Crippen LogP contribution in [0.3, 0.4) is 0 Å². The Labute approximate surface area is 251 Å². The molecule has 3 aromatic rings. The minimum absolute atomic E-state index is 0.142. The quantitative estimate of drug-likeness (QED) is 0.316. The highest BCUT2D eigenvalue weighted by Crippen LogP contribution is 2.50. The average Bonchev–Trinajstić information content (AvgIpc) is 3.11. The normalized spacial score (nSPS) is 14.6. The number of fused-ring (bicyclic) bond motifs is 3. The van der Waals surface area contributed by atoms with Crippen molar-refractivity contribution in [3.05, 3.63) is 62.6 Å². The molecule has 0 aliphatic heterocycles. The lowest BCUT2D eigenvalue weighted by molar-refractivity contribution is -0.123. The molecule has 1 aromatic heterocycles. The van der Waals surface area contributed by atoms with E-state index in [4.69, 9.17) is 18.7 Å². The first-order chi connectivity index (χ1) is 20.5.